The van der Waals surface area contributed by atoms with Gasteiger partial charge in [0, 0.05) is 30.3 Å². The van der Waals surface area contributed by atoms with Crippen LogP contribution in [0.1, 0.15) is 18.1 Å². The Labute approximate surface area is 90.2 Å². The maximum atomic E-state index is 8.92. The molecule has 1 aromatic heterocycles. The molecule has 0 aliphatic carbocycles. The smallest absolute Gasteiger partial charge is 0.0485 e. The topological polar surface area (TPSA) is 25.2 Å². The Morgan fingerprint density at radius 2 is 2.13 bits per heavy atom. The zero-order valence-electron chi connectivity index (χ0n) is 9.33. The number of hydrogen-bond acceptors (Lipinski definition) is 1. The highest BCUT2D eigenvalue weighted by Gasteiger charge is 2.04. The van der Waals surface area contributed by atoms with Gasteiger partial charge in [0.15, 0.2) is 0 Å². The Kier molecular flexibility index (Phi) is 2.78. The lowest BCUT2D eigenvalue weighted by molar-refractivity contribution is 0.299. The molecule has 1 heterocycles. The summed E-state index contributed by atoms with van der Waals surface area (Å²) in [6.07, 6.45) is 2.93. The van der Waals surface area contributed by atoms with Crippen molar-refractivity contribution >= 4 is 10.9 Å². The second-order valence-electron chi connectivity index (χ2n) is 3.92. The fraction of sp³-hybridized carbons (Fsp3) is 0.385. The van der Waals surface area contributed by atoms with Crippen LogP contribution in [-0.4, -0.2) is 16.3 Å². The summed E-state index contributed by atoms with van der Waals surface area (Å²) in [5.74, 6) is 0. The molecular formula is C13H17NO. The molecule has 0 unspecified atom stereocenters. The van der Waals surface area contributed by atoms with Crippen LogP contribution in [0.3, 0.4) is 0 Å². The molecule has 0 fully saturated rings. The maximum Gasteiger partial charge on any atom is 0.0485 e. The Balaban J connectivity index is 2.58. The highest BCUT2D eigenvalue weighted by molar-refractivity contribution is 5.84. The van der Waals surface area contributed by atoms with E-state index in [0.29, 0.717) is 0 Å². The molecular weight excluding hydrogens is 186 g/mol. The van der Waals surface area contributed by atoms with Gasteiger partial charge in [-0.3, -0.25) is 0 Å². The Hall–Kier alpha value is -1.28. The van der Waals surface area contributed by atoms with Crippen molar-refractivity contribution in [3.8, 4) is 0 Å². The third kappa shape index (κ3) is 1.77. The van der Waals surface area contributed by atoms with Crippen molar-refractivity contribution in [2.75, 3.05) is 6.61 Å². The molecule has 0 aliphatic heterocycles. The van der Waals surface area contributed by atoms with E-state index < -0.39 is 0 Å². The van der Waals surface area contributed by atoms with E-state index in [2.05, 4.69) is 42.8 Å². The van der Waals surface area contributed by atoms with Crippen LogP contribution in [0.2, 0.25) is 0 Å². The summed E-state index contributed by atoms with van der Waals surface area (Å²) in [6, 6.07) is 6.44. The zero-order valence-corrected chi connectivity index (χ0v) is 9.33. The molecule has 0 spiro atoms. The summed E-state index contributed by atoms with van der Waals surface area (Å²) in [6.45, 7) is 5.50. The minimum absolute atomic E-state index is 0.220. The molecule has 2 rings (SSSR count). The van der Waals surface area contributed by atoms with E-state index in [1.807, 2.05) is 0 Å². The Morgan fingerprint density at radius 1 is 1.33 bits per heavy atom. The van der Waals surface area contributed by atoms with Gasteiger partial charge in [0.25, 0.3) is 0 Å². The van der Waals surface area contributed by atoms with Crippen LogP contribution in [0.5, 0.6) is 0 Å². The molecule has 15 heavy (non-hydrogen) atoms. The molecule has 0 aliphatic rings. The monoisotopic (exact) mass is 203 g/mol. The Bertz CT molecular complexity index is 471. The maximum absolute atomic E-state index is 8.92. The quantitative estimate of drug-likeness (QED) is 0.814. The molecule has 80 valence electrons. The van der Waals surface area contributed by atoms with Gasteiger partial charge in [0.2, 0.25) is 0 Å². The van der Waals surface area contributed by atoms with E-state index in [0.717, 1.165) is 13.0 Å². The van der Waals surface area contributed by atoms with E-state index in [-0.39, 0.29) is 6.61 Å². The Morgan fingerprint density at radius 3 is 2.80 bits per heavy atom. The van der Waals surface area contributed by atoms with Crippen LogP contribution in [-0.2, 0) is 13.0 Å². The molecule has 2 nitrogen and oxygen atoms in total. The first-order valence-corrected chi connectivity index (χ1v) is 5.45. The van der Waals surface area contributed by atoms with Crippen molar-refractivity contribution in [2.24, 2.45) is 0 Å². The first kappa shape index (κ1) is 10.2. The van der Waals surface area contributed by atoms with Crippen LogP contribution in [0.15, 0.2) is 24.4 Å². The molecule has 0 saturated carbocycles. The number of aliphatic hydroxyl groups excluding tert-OH is 1. The average molecular weight is 203 g/mol. The summed E-state index contributed by atoms with van der Waals surface area (Å²) in [4.78, 5) is 0. The van der Waals surface area contributed by atoms with Crippen molar-refractivity contribution in [1.82, 2.24) is 4.57 Å². The summed E-state index contributed by atoms with van der Waals surface area (Å²) < 4.78 is 2.26. The lowest BCUT2D eigenvalue weighted by atomic mass is 10.1. The molecule has 0 amide bonds. The molecule has 0 radical (unpaired) electrons. The number of hydrogen-bond donors (Lipinski definition) is 1. The van der Waals surface area contributed by atoms with E-state index in [1.54, 1.807) is 0 Å². The van der Waals surface area contributed by atoms with Gasteiger partial charge in [0.1, 0.15) is 0 Å². The fourth-order valence-corrected chi connectivity index (χ4v) is 2.07. The van der Waals surface area contributed by atoms with Crippen LogP contribution in [0.4, 0.5) is 0 Å². The van der Waals surface area contributed by atoms with Gasteiger partial charge in [-0.1, -0.05) is 12.1 Å². The molecule has 2 aromatic rings. The van der Waals surface area contributed by atoms with E-state index >= 15 is 0 Å². The lowest BCUT2D eigenvalue weighted by Crippen LogP contribution is -1.93. The predicted octanol–water partition coefficient (Wildman–Crippen LogP) is 2.50. The van der Waals surface area contributed by atoms with E-state index in [9.17, 15) is 0 Å². The number of aryl methyl sites for hydroxylation is 2. The van der Waals surface area contributed by atoms with Gasteiger partial charge < -0.3 is 9.67 Å². The summed E-state index contributed by atoms with van der Waals surface area (Å²) in [7, 11) is 0. The second kappa shape index (κ2) is 4.07. The van der Waals surface area contributed by atoms with Crippen molar-refractivity contribution in [3.63, 3.8) is 0 Å². The predicted molar refractivity (Wildman–Crippen MR) is 63.1 cm³/mol. The fourth-order valence-electron chi connectivity index (χ4n) is 2.07. The summed E-state index contributed by atoms with van der Waals surface area (Å²) in [5.41, 5.74) is 3.81. The van der Waals surface area contributed by atoms with Crippen molar-refractivity contribution in [2.45, 2.75) is 26.8 Å². The third-order valence-corrected chi connectivity index (χ3v) is 2.89. The van der Waals surface area contributed by atoms with Gasteiger partial charge in [-0.2, -0.15) is 0 Å². The standard InChI is InChI=1S/C13H17NO/c1-3-14-9-10(2)12-5-4-11(6-7-15)8-13(12)14/h4-5,8-9,15H,3,6-7H2,1-2H3. The summed E-state index contributed by atoms with van der Waals surface area (Å²) >= 11 is 0. The van der Waals surface area contributed by atoms with Gasteiger partial charge in [-0.25, -0.2) is 0 Å². The first-order valence-electron chi connectivity index (χ1n) is 5.45. The zero-order chi connectivity index (χ0) is 10.8. The van der Waals surface area contributed by atoms with Gasteiger partial charge in [-0.05, 0) is 37.5 Å². The third-order valence-electron chi connectivity index (χ3n) is 2.89. The van der Waals surface area contributed by atoms with Crippen molar-refractivity contribution in [1.29, 1.82) is 0 Å². The molecule has 1 N–H and O–H groups in total. The number of fused-ring (bicyclic) bond motifs is 1. The molecule has 0 saturated heterocycles. The SMILES string of the molecule is CCn1cc(C)c2ccc(CCO)cc21. The lowest BCUT2D eigenvalue weighted by Gasteiger charge is -2.03. The number of benzene rings is 1. The van der Waals surface area contributed by atoms with Gasteiger partial charge in [-0.15, -0.1) is 0 Å². The van der Waals surface area contributed by atoms with E-state index in [1.165, 1.54) is 22.0 Å². The van der Waals surface area contributed by atoms with Crippen molar-refractivity contribution < 1.29 is 5.11 Å². The number of aromatic nitrogens is 1. The molecule has 1 aromatic carbocycles. The van der Waals surface area contributed by atoms with Crippen molar-refractivity contribution in [3.05, 3.63) is 35.5 Å². The highest BCUT2D eigenvalue weighted by atomic mass is 16.2. The van der Waals surface area contributed by atoms with Crippen LogP contribution < -0.4 is 0 Å². The minimum atomic E-state index is 0.220. The number of nitrogens with zero attached hydrogens (tertiary/aromatic N) is 1. The van der Waals surface area contributed by atoms with Crippen LogP contribution in [0.25, 0.3) is 10.9 Å². The summed E-state index contributed by atoms with van der Waals surface area (Å²) in [5, 5.41) is 10.2. The van der Waals surface area contributed by atoms with Crippen LogP contribution in [0, 0.1) is 6.92 Å². The van der Waals surface area contributed by atoms with E-state index in [4.69, 9.17) is 5.11 Å². The second-order valence-corrected chi connectivity index (χ2v) is 3.92. The molecule has 0 bridgehead atoms. The largest absolute Gasteiger partial charge is 0.396 e. The van der Waals surface area contributed by atoms with Gasteiger partial charge in [0.05, 0.1) is 0 Å². The molecule has 2 heteroatoms. The normalized spacial score (nSPS) is 11.1. The first-order chi connectivity index (χ1) is 7.26. The minimum Gasteiger partial charge on any atom is -0.396 e. The van der Waals surface area contributed by atoms with Gasteiger partial charge >= 0.3 is 0 Å². The van der Waals surface area contributed by atoms with Crippen LogP contribution >= 0.6 is 0 Å². The number of rotatable bonds is 3. The average Bonchev–Trinajstić information content (AvgIpc) is 2.56. The molecule has 0 atom stereocenters. The number of aliphatic hydroxyl groups is 1. The highest BCUT2D eigenvalue weighted by Crippen LogP contribution is 2.22.